The molecule has 0 unspecified atom stereocenters. The number of hydrogen-bond acceptors (Lipinski definition) is 7. The molecule has 2 aliphatic rings. The Morgan fingerprint density at radius 1 is 1.08 bits per heavy atom. The minimum Gasteiger partial charge on any atom is -0.507 e. The number of ether oxygens (including phenoxy) is 1. The predicted molar refractivity (Wildman–Crippen MR) is 131 cm³/mol. The lowest BCUT2D eigenvalue weighted by molar-refractivity contribution is 0.0694. The topological polar surface area (TPSA) is 112 Å². The van der Waals surface area contributed by atoms with Crippen LogP contribution in [0.15, 0.2) is 41.3 Å². The number of hydrogen-bond donors (Lipinski definition) is 2. The number of aromatic hydroxyl groups is 1. The van der Waals surface area contributed by atoms with E-state index in [4.69, 9.17) is 4.74 Å². The number of carbonyl (C=O) groups excluding carboxylic acids is 1. The normalized spacial score (nSPS) is 16.3. The van der Waals surface area contributed by atoms with Crippen molar-refractivity contribution in [2.24, 2.45) is 0 Å². The number of fused-ring (bicyclic) bond motifs is 1. The van der Waals surface area contributed by atoms with Gasteiger partial charge in [0.05, 0.1) is 30.4 Å². The Kier molecular flexibility index (Phi) is 6.13. The zero-order valence-corrected chi connectivity index (χ0v) is 19.7. The highest BCUT2D eigenvalue weighted by molar-refractivity contribution is 6.00. The van der Waals surface area contributed by atoms with E-state index < -0.39 is 17.2 Å². The van der Waals surface area contributed by atoms with E-state index in [1.165, 1.54) is 25.4 Å². The van der Waals surface area contributed by atoms with Gasteiger partial charge in [0.25, 0.3) is 0 Å². The molecule has 1 aliphatic heterocycles. The van der Waals surface area contributed by atoms with E-state index in [0.29, 0.717) is 43.1 Å². The predicted octanol–water partition coefficient (Wildman–Crippen LogP) is 2.89. The summed E-state index contributed by atoms with van der Waals surface area (Å²) >= 11 is 0. The highest BCUT2D eigenvalue weighted by atomic mass is 19.1. The van der Waals surface area contributed by atoms with Gasteiger partial charge in [0.2, 0.25) is 5.43 Å². The number of nitrogens with zero attached hydrogens (tertiary/aromatic N) is 3. The molecule has 9 nitrogen and oxygen atoms in total. The number of carbonyl (C=O) groups is 2. The standard InChI is InChI=1S/C26H26FN3O6/c1-36-16-4-5-17(23(31)10-16)24(32)14-28-6-8-29(9-7-28)22-12-21-18(11-20(22)27)25(33)19(26(34)35)13-30(21)15-2-3-15/h4-5,10-13,15,31H,2-3,6-9,14H2,1H3,(H,34,35). The third kappa shape index (κ3) is 4.39. The smallest absolute Gasteiger partial charge is 0.341 e. The zero-order chi connectivity index (χ0) is 25.6. The summed E-state index contributed by atoms with van der Waals surface area (Å²) in [6.45, 7) is 2.06. The van der Waals surface area contributed by atoms with E-state index in [9.17, 15) is 24.6 Å². The monoisotopic (exact) mass is 495 g/mol. The minimum atomic E-state index is -1.32. The molecule has 1 aromatic heterocycles. The number of ketones is 1. The van der Waals surface area contributed by atoms with E-state index in [1.54, 1.807) is 16.7 Å². The molecule has 188 valence electrons. The highest BCUT2D eigenvalue weighted by Gasteiger charge is 2.29. The van der Waals surface area contributed by atoms with Crippen LogP contribution in [0, 0.1) is 5.82 Å². The number of Topliss-reactive ketones (excluding diaryl/α,β-unsaturated/α-hetero) is 1. The number of methoxy groups -OCH3 is 1. The molecule has 2 heterocycles. The highest BCUT2D eigenvalue weighted by Crippen LogP contribution is 2.38. The maximum atomic E-state index is 15.2. The van der Waals surface area contributed by atoms with Crippen LogP contribution in [0.4, 0.5) is 10.1 Å². The summed E-state index contributed by atoms with van der Waals surface area (Å²) < 4.78 is 22.0. The van der Waals surface area contributed by atoms with Crippen molar-refractivity contribution >= 4 is 28.3 Å². The number of phenolic OH excluding ortho intramolecular Hbond substituents is 1. The number of rotatable bonds is 7. The van der Waals surface area contributed by atoms with Gasteiger partial charge in [-0.2, -0.15) is 0 Å². The molecule has 2 aromatic carbocycles. The van der Waals surface area contributed by atoms with E-state index in [1.807, 2.05) is 9.80 Å². The van der Waals surface area contributed by atoms with Gasteiger partial charge in [0, 0.05) is 49.9 Å². The molecule has 0 bridgehead atoms. The molecule has 0 radical (unpaired) electrons. The molecule has 0 spiro atoms. The van der Waals surface area contributed by atoms with E-state index in [-0.39, 0.29) is 40.6 Å². The van der Waals surface area contributed by atoms with E-state index >= 15 is 4.39 Å². The lowest BCUT2D eigenvalue weighted by Crippen LogP contribution is -2.48. The average molecular weight is 496 g/mol. The molecule has 1 saturated carbocycles. The lowest BCUT2D eigenvalue weighted by Gasteiger charge is -2.36. The number of phenols is 1. The van der Waals surface area contributed by atoms with E-state index in [0.717, 1.165) is 18.9 Å². The Morgan fingerprint density at radius 3 is 2.42 bits per heavy atom. The molecule has 10 heteroatoms. The molecule has 0 atom stereocenters. The van der Waals surface area contributed by atoms with Crippen LogP contribution in [-0.2, 0) is 0 Å². The van der Waals surface area contributed by atoms with Crippen molar-refractivity contribution in [1.29, 1.82) is 0 Å². The van der Waals surface area contributed by atoms with Gasteiger partial charge in [-0.3, -0.25) is 14.5 Å². The summed E-state index contributed by atoms with van der Waals surface area (Å²) in [6, 6.07) is 7.42. The van der Waals surface area contributed by atoms with Crippen molar-refractivity contribution in [1.82, 2.24) is 9.47 Å². The van der Waals surface area contributed by atoms with Gasteiger partial charge in [0.1, 0.15) is 22.9 Å². The minimum absolute atomic E-state index is 0.0616. The van der Waals surface area contributed by atoms with Crippen molar-refractivity contribution < 1.29 is 28.9 Å². The quantitative estimate of drug-likeness (QED) is 0.482. The molecule has 36 heavy (non-hydrogen) atoms. The maximum absolute atomic E-state index is 15.2. The fourth-order valence-electron chi connectivity index (χ4n) is 4.72. The van der Waals surface area contributed by atoms with Crippen LogP contribution in [0.5, 0.6) is 11.5 Å². The van der Waals surface area contributed by atoms with Gasteiger partial charge in [0.15, 0.2) is 5.78 Å². The fourth-order valence-corrected chi connectivity index (χ4v) is 4.72. The number of piperazine rings is 1. The second-order valence-corrected chi connectivity index (χ2v) is 9.21. The molecule has 1 aliphatic carbocycles. The van der Waals surface area contributed by atoms with E-state index in [2.05, 4.69) is 0 Å². The Balaban J connectivity index is 1.34. The van der Waals surface area contributed by atoms with Gasteiger partial charge in [-0.25, -0.2) is 9.18 Å². The first-order valence-corrected chi connectivity index (χ1v) is 11.8. The summed E-state index contributed by atoms with van der Waals surface area (Å²) in [5.41, 5.74) is 0.0416. The Labute approximate surface area is 205 Å². The molecular formula is C26H26FN3O6. The molecular weight excluding hydrogens is 469 g/mol. The SMILES string of the molecule is COc1ccc(C(=O)CN2CCN(c3cc4c(cc3F)c(=O)c(C(=O)O)cn4C3CC3)CC2)c(O)c1. The lowest BCUT2D eigenvalue weighted by atomic mass is 10.1. The van der Waals surface area contributed by atoms with Gasteiger partial charge in [-0.1, -0.05) is 0 Å². The second-order valence-electron chi connectivity index (χ2n) is 9.21. The summed E-state index contributed by atoms with van der Waals surface area (Å²) in [5.74, 6) is -1.81. The van der Waals surface area contributed by atoms with Gasteiger partial charge in [-0.15, -0.1) is 0 Å². The van der Waals surface area contributed by atoms with Crippen LogP contribution in [-0.4, -0.2) is 71.3 Å². The average Bonchev–Trinajstić information content (AvgIpc) is 3.70. The first-order valence-electron chi connectivity index (χ1n) is 11.8. The summed E-state index contributed by atoms with van der Waals surface area (Å²) in [4.78, 5) is 40.8. The van der Waals surface area contributed by atoms with Crippen molar-refractivity contribution in [2.75, 3.05) is 44.7 Å². The number of carboxylic acids is 1. The van der Waals surface area contributed by atoms with Crippen LogP contribution in [0.2, 0.25) is 0 Å². The molecule has 5 rings (SSSR count). The number of aromatic carboxylic acids is 1. The summed E-state index contributed by atoms with van der Waals surface area (Å²) in [7, 11) is 1.48. The summed E-state index contributed by atoms with van der Waals surface area (Å²) in [6.07, 6.45) is 3.12. The third-order valence-electron chi connectivity index (χ3n) is 6.86. The number of benzene rings is 2. The number of aromatic nitrogens is 1. The van der Waals surface area contributed by atoms with Crippen LogP contribution in [0.25, 0.3) is 10.9 Å². The fraction of sp³-hybridized carbons (Fsp3) is 0.346. The second kappa shape index (κ2) is 9.27. The maximum Gasteiger partial charge on any atom is 0.341 e. The van der Waals surface area contributed by atoms with Crippen LogP contribution >= 0.6 is 0 Å². The Morgan fingerprint density at radius 2 is 1.81 bits per heavy atom. The van der Waals surface area contributed by atoms with Crippen LogP contribution in [0.1, 0.15) is 39.6 Å². The first-order chi connectivity index (χ1) is 17.3. The molecule has 3 aromatic rings. The van der Waals surface area contributed by atoms with Crippen LogP contribution < -0.4 is 15.1 Å². The number of halogens is 1. The van der Waals surface area contributed by atoms with Gasteiger partial charge < -0.3 is 24.4 Å². The number of pyridine rings is 1. The Bertz CT molecular complexity index is 1420. The van der Waals surface area contributed by atoms with Crippen molar-refractivity contribution in [2.45, 2.75) is 18.9 Å². The molecule has 1 saturated heterocycles. The zero-order valence-electron chi connectivity index (χ0n) is 19.7. The largest absolute Gasteiger partial charge is 0.507 e. The Hall–Kier alpha value is -3.92. The summed E-state index contributed by atoms with van der Waals surface area (Å²) in [5, 5.41) is 19.6. The molecule has 2 N–H and O–H groups in total. The van der Waals surface area contributed by atoms with Crippen molar-refractivity contribution in [3.8, 4) is 11.5 Å². The molecule has 2 fully saturated rings. The van der Waals surface area contributed by atoms with Gasteiger partial charge >= 0.3 is 5.97 Å². The van der Waals surface area contributed by atoms with Crippen LogP contribution in [0.3, 0.4) is 0 Å². The molecule has 0 amide bonds. The number of anilines is 1. The van der Waals surface area contributed by atoms with Gasteiger partial charge in [-0.05, 0) is 37.1 Å². The van der Waals surface area contributed by atoms with Crippen molar-refractivity contribution in [3.05, 3.63) is 63.7 Å². The first kappa shape index (κ1) is 23.8. The number of carboxylic acid groups (broad SMARTS) is 1. The third-order valence-corrected chi connectivity index (χ3v) is 6.86. The van der Waals surface area contributed by atoms with Crippen molar-refractivity contribution in [3.63, 3.8) is 0 Å².